The van der Waals surface area contributed by atoms with Crippen LogP contribution in [-0.4, -0.2) is 21.9 Å². The number of aliphatic hydroxyl groups is 1. The molecule has 0 aliphatic heterocycles. The van der Waals surface area contributed by atoms with Gasteiger partial charge in [0.05, 0.1) is 0 Å². The average Bonchev–Trinajstić information content (AvgIpc) is 1.71. The van der Waals surface area contributed by atoms with E-state index in [1.807, 2.05) is 0 Å². The zero-order chi connectivity index (χ0) is 6.83. The molecule has 4 nitrogen and oxygen atoms in total. The fraction of sp³-hybridized carbons (Fsp3) is 1.00. The minimum atomic E-state index is -1.75. The molecule has 0 rings (SSSR count). The Morgan fingerprint density at radius 3 is 2.00 bits per heavy atom. The number of hydrogen-bond donors (Lipinski definition) is 3. The summed E-state index contributed by atoms with van der Waals surface area (Å²) in [5.74, 6) is 0. The summed E-state index contributed by atoms with van der Waals surface area (Å²) in [4.78, 5) is 0. The molecule has 0 aliphatic carbocycles. The summed E-state index contributed by atoms with van der Waals surface area (Å²) < 4.78 is 15.8. The molecular weight excluding hydrogens is 146 g/mol. The normalized spacial score (nSPS) is 6.38. The van der Waals surface area contributed by atoms with Gasteiger partial charge in [0.15, 0.2) is 0 Å². The first kappa shape index (κ1) is 11.2. The summed E-state index contributed by atoms with van der Waals surface area (Å²) in [6, 6.07) is 0. The van der Waals surface area contributed by atoms with Crippen LogP contribution < -0.4 is 5.73 Å². The van der Waals surface area contributed by atoms with Crippen molar-refractivity contribution in [3.63, 3.8) is 0 Å². The maximum absolute atomic E-state index is 8.61. The van der Waals surface area contributed by atoms with E-state index in [0.29, 0.717) is 6.54 Å². The molecule has 0 radical (unpaired) electrons. The van der Waals surface area contributed by atoms with Crippen LogP contribution in [0.1, 0.15) is 6.42 Å². The summed E-state index contributed by atoms with van der Waals surface area (Å²) in [6.45, 7) is 0.812. The first-order valence-electron chi connectivity index (χ1n) is 2.15. The van der Waals surface area contributed by atoms with Crippen molar-refractivity contribution in [3.8, 4) is 0 Å². The van der Waals surface area contributed by atoms with Crippen molar-refractivity contribution in [3.05, 3.63) is 0 Å². The summed E-state index contributed by atoms with van der Waals surface area (Å²) in [5, 5.41) is 7.99. The van der Waals surface area contributed by atoms with Gasteiger partial charge in [-0.2, -0.15) is 0 Å². The second-order valence-electron chi connectivity index (χ2n) is 0.957. The fourth-order valence-corrected chi connectivity index (χ4v) is 0.0913. The molecule has 0 aliphatic rings. The average molecular weight is 156 g/mol. The summed E-state index contributed by atoms with van der Waals surface area (Å²) in [5.41, 5.74) is 4.98. The molecule has 0 aromatic carbocycles. The van der Waals surface area contributed by atoms with Gasteiger partial charge >= 0.3 is 26.5 Å². The van der Waals surface area contributed by atoms with Gasteiger partial charge in [0, 0.05) is 6.61 Å². The summed E-state index contributed by atoms with van der Waals surface area (Å²) >= 11 is -1.75. The van der Waals surface area contributed by atoms with Crippen LogP contribution in [0.2, 0.25) is 0 Å². The molecule has 0 spiro atoms. The fourth-order valence-electron chi connectivity index (χ4n) is 0.0913. The second kappa shape index (κ2) is 15.7. The third-order valence-electron chi connectivity index (χ3n) is 0.362. The van der Waals surface area contributed by atoms with Crippen LogP contribution in [0.5, 0.6) is 0 Å². The predicted octanol–water partition coefficient (Wildman–Crippen LogP) is -1.35. The van der Waals surface area contributed by atoms with E-state index in [9.17, 15) is 0 Å². The number of rotatable bonds is 2. The van der Waals surface area contributed by atoms with E-state index in [0.717, 1.165) is 6.42 Å². The molecule has 0 saturated carbocycles. The number of nitrogens with two attached hydrogens (primary N) is 1. The van der Waals surface area contributed by atoms with E-state index in [2.05, 4.69) is 0 Å². The van der Waals surface area contributed by atoms with Crippen molar-refractivity contribution in [2.24, 2.45) is 5.73 Å². The molecule has 0 atom stereocenters. The van der Waals surface area contributed by atoms with E-state index in [1.165, 1.54) is 0 Å². The van der Waals surface area contributed by atoms with E-state index < -0.39 is 19.5 Å². The van der Waals surface area contributed by atoms with Crippen LogP contribution in [0.4, 0.5) is 0 Å². The van der Waals surface area contributed by atoms with Gasteiger partial charge in [0.25, 0.3) is 0 Å². The Hall–Kier alpha value is 0.394. The van der Waals surface area contributed by atoms with Gasteiger partial charge in [-0.25, -0.2) is 0 Å². The van der Waals surface area contributed by atoms with Crippen LogP contribution in [0.3, 0.4) is 0 Å². The van der Waals surface area contributed by atoms with E-state index >= 15 is 0 Å². The Balaban J connectivity index is 0. The van der Waals surface area contributed by atoms with Crippen LogP contribution in [0.25, 0.3) is 0 Å². The Morgan fingerprint density at radius 2 is 2.00 bits per heavy atom. The Morgan fingerprint density at radius 1 is 1.62 bits per heavy atom. The summed E-state index contributed by atoms with van der Waals surface area (Å²) in [6.07, 6.45) is 0.722. The molecule has 0 aromatic heterocycles. The van der Waals surface area contributed by atoms with Crippen LogP contribution in [0.15, 0.2) is 0 Å². The molecule has 0 saturated heterocycles. The van der Waals surface area contributed by atoms with Crippen LogP contribution in [0, 0.1) is 0 Å². The molecule has 0 heterocycles. The second-order valence-corrected chi connectivity index (χ2v) is 1.24. The van der Waals surface area contributed by atoms with Gasteiger partial charge in [-0.05, 0) is 13.0 Å². The molecule has 5 heteroatoms. The summed E-state index contributed by atoms with van der Waals surface area (Å²) in [7, 11) is 0. The van der Waals surface area contributed by atoms with E-state index in [1.54, 1.807) is 0 Å². The molecule has 4 N–H and O–H groups in total. The zero-order valence-electron chi connectivity index (χ0n) is 4.50. The third kappa shape index (κ3) is 32.5. The van der Waals surface area contributed by atoms with Gasteiger partial charge < -0.3 is 10.8 Å². The molecule has 0 aromatic rings. The van der Waals surface area contributed by atoms with Crippen molar-refractivity contribution in [2.75, 3.05) is 13.2 Å². The van der Waals surface area contributed by atoms with Gasteiger partial charge in [0.1, 0.15) is 0 Å². The Bertz CT molecular complexity index is 41.5. The molecule has 0 fully saturated rings. The van der Waals surface area contributed by atoms with Crippen molar-refractivity contribution in [1.82, 2.24) is 0 Å². The molecular formula is C3H10NO3Ti. The predicted molar refractivity (Wildman–Crippen MR) is 23.7 cm³/mol. The molecule has 49 valence electrons. The topological polar surface area (TPSA) is 83.5 Å². The number of aliphatic hydroxyl groups excluding tert-OH is 1. The van der Waals surface area contributed by atoms with Gasteiger partial charge in [0.2, 0.25) is 0 Å². The maximum atomic E-state index is 8.61. The first-order chi connectivity index (χ1) is 3.83. The molecule has 0 bridgehead atoms. The van der Waals surface area contributed by atoms with Crippen molar-refractivity contribution in [1.29, 1.82) is 0 Å². The van der Waals surface area contributed by atoms with Gasteiger partial charge in [-0.15, -0.1) is 0 Å². The number of hydrogen-bond acceptors (Lipinski definition) is 3. The van der Waals surface area contributed by atoms with E-state index in [4.69, 9.17) is 17.9 Å². The standard InChI is InChI=1S/C3H9NO.H2O.O.Ti/c4-2-1-3-5;;;/h5H,1-4H2;1H2;;/q;;;+1/p-1. The Kier molecular flexibility index (Phi) is 22.0. The zero-order valence-corrected chi connectivity index (χ0v) is 6.06. The minimum absolute atomic E-state index is 0.219. The first-order valence-corrected chi connectivity index (χ1v) is 3.49. The monoisotopic (exact) mass is 156 g/mol. The van der Waals surface area contributed by atoms with Crippen LogP contribution >= 0.6 is 0 Å². The van der Waals surface area contributed by atoms with Crippen molar-refractivity contribution in [2.45, 2.75) is 6.42 Å². The quantitative estimate of drug-likeness (QED) is 0.431. The third-order valence-corrected chi connectivity index (χ3v) is 0.362. The van der Waals surface area contributed by atoms with Crippen molar-refractivity contribution < 1.29 is 31.6 Å². The van der Waals surface area contributed by atoms with Gasteiger partial charge in [-0.3, -0.25) is 0 Å². The Labute approximate surface area is 57.4 Å². The molecule has 8 heavy (non-hydrogen) atoms. The van der Waals surface area contributed by atoms with Crippen LogP contribution in [-0.2, 0) is 22.8 Å². The SMILES string of the molecule is NCCCO.[O]=[Ti][OH]. The van der Waals surface area contributed by atoms with Gasteiger partial charge in [-0.1, -0.05) is 0 Å². The molecule has 0 amide bonds. The molecule has 0 unspecified atom stereocenters. The van der Waals surface area contributed by atoms with E-state index in [-0.39, 0.29) is 6.61 Å². The van der Waals surface area contributed by atoms with Crippen molar-refractivity contribution >= 4 is 0 Å².